The molecule has 1 aliphatic heterocycles. The van der Waals surface area contributed by atoms with E-state index in [9.17, 15) is 0 Å². The maximum Gasteiger partial charge on any atom is 0.231 e. The molecule has 4 heterocycles. The van der Waals surface area contributed by atoms with Crippen molar-refractivity contribution in [3.8, 4) is 34.2 Å². The van der Waals surface area contributed by atoms with Gasteiger partial charge in [-0.1, -0.05) is 0 Å². The van der Waals surface area contributed by atoms with E-state index < -0.39 is 0 Å². The van der Waals surface area contributed by atoms with Crippen LogP contribution in [0.2, 0.25) is 0 Å². The minimum Gasteiger partial charge on any atom is -0.463 e. The molecule has 0 fully saturated rings. The Morgan fingerprint density at radius 1 is 1.21 bits per heavy atom. The first kappa shape index (κ1) is 13.6. The van der Waals surface area contributed by atoms with E-state index in [-0.39, 0.29) is 6.79 Å². The zero-order chi connectivity index (χ0) is 16.1. The molecule has 0 saturated carbocycles. The summed E-state index contributed by atoms with van der Waals surface area (Å²) in [5, 5.41) is 2.03. The van der Waals surface area contributed by atoms with E-state index in [1.807, 2.05) is 35.7 Å². The zero-order valence-electron chi connectivity index (χ0n) is 12.6. The van der Waals surface area contributed by atoms with Crippen LogP contribution in [0, 0.1) is 0 Å². The van der Waals surface area contributed by atoms with E-state index in [4.69, 9.17) is 24.6 Å². The Morgan fingerprint density at radius 3 is 2.96 bits per heavy atom. The van der Waals surface area contributed by atoms with Gasteiger partial charge in [-0.25, -0.2) is 4.98 Å². The van der Waals surface area contributed by atoms with Crippen LogP contribution >= 0.6 is 11.3 Å². The number of hydrogen-bond acceptors (Lipinski definition) is 6. The van der Waals surface area contributed by atoms with E-state index in [2.05, 4.69) is 4.40 Å². The van der Waals surface area contributed by atoms with E-state index in [1.165, 1.54) is 0 Å². The first-order chi connectivity index (χ1) is 11.8. The molecule has 1 aromatic carbocycles. The lowest BCUT2D eigenvalue weighted by atomic mass is 10.1. The van der Waals surface area contributed by atoms with Crippen LogP contribution in [0.4, 0.5) is 0 Å². The lowest BCUT2D eigenvalue weighted by molar-refractivity contribution is 0.174. The third-order valence-corrected chi connectivity index (χ3v) is 4.90. The second-order valence-corrected chi connectivity index (χ2v) is 6.23. The Morgan fingerprint density at radius 2 is 2.12 bits per heavy atom. The number of hydrogen-bond donors (Lipinski definition) is 1. The van der Waals surface area contributed by atoms with E-state index >= 15 is 0 Å². The van der Waals surface area contributed by atoms with Gasteiger partial charge in [0.15, 0.2) is 22.2 Å². The van der Waals surface area contributed by atoms with Crippen molar-refractivity contribution in [2.24, 2.45) is 5.73 Å². The highest BCUT2D eigenvalue weighted by molar-refractivity contribution is 7.15. The second-order valence-electron chi connectivity index (χ2n) is 5.40. The van der Waals surface area contributed by atoms with Gasteiger partial charge in [0.2, 0.25) is 6.79 Å². The highest BCUT2D eigenvalue weighted by Crippen LogP contribution is 2.38. The number of thiazole rings is 1. The van der Waals surface area contributed by atoms with E-state index in [1.54, 1.807) is 17.6 Å². The Balaban J connectivity index is 1.72. The van der Waals surface area contributed by atoms with Crippen molar-refractivity contribution < 1.29 is 13.9 Å². The minimum atomic E-state index is 0.253. The highest BCUT2D eigenvalue weighted by Gasteiger charge is 2.21. The largest absolute Gasteiger partial charge is 0.463 e. The number of furan rings is 1. The van der Waals surface area contributed by atoms with E-state index in [0.29, 0.717) is 6.54 Å². The van der Waals surface area contributed by atoms with Gasteiger partial charge in [0.25, 0.3) is 0 Å². The van der Waals surface area contributed by atoms with Crippen LogP contribution in [0.1, 0.15) is 5.69 Å². The maximum absolute atomic E-state index is 6.05. The van der Waals surface area contributed by atoms with Gasteiger partial charge in [0.1, 0.15) is 5.69 Å². The normalized spacial score (nSPS) is 13.0. The fourth-order valence-electron chi connectivity index (χ4n) is 2.98. The van der Waals surface area contributed by atoms with Crippen molar-refractivity contribution in [3.05, 3.63) is 47.7 Å². The summed E-state index contributed by atoms with van der Waals surface area (Å²) in [4.78, 5) is 5.66. The van der Waals surface area contributed by atoms with Crippen molar-refractivity contribution >= 4 is 16.3 Å². The van der Waals surface area contributed by atoms with Gasteiger partial charge < -0.3 is 19.6 Å². The summed E-state index contributed by atoms with van der Waals surface area (Å²) < 4.78 is 18.4. The summed E-state index contributed by atoms with van der Waals surface area (Å²) in [7, 11) is 0. The molecule has 4 aromatic rings. The third-order valence-electron chi connectivity index (χ3n) is 4.07. The Kier molecular flexibility index (Phi) is 2.91. The molecule has 24 heavy (non-hydrogen) atoms. The molecule has 120 valence electrons. The number of aromatic nitrogens is 2. The first-order valence-electron chi connectivity index (χ1n) is 7.48. The van der Waals surface area contributed by atoms with Crippen molar-refractivity contribution in [1.82, 2.24) is 9.38 Å². The molecule has 5 rings (SSSR count). The monoisotopic (exact) mass is 339 g/mol. The van der Waals surface area contributed by atoms with Gasteiger partial charge in [-0.2, -0.15) is 0 Å². The number of rotatable bonds is 3. The molecule has 7 heteroatoms. The molecule has 3 aromatic heterocycles. The van der Waals surface area contributed by atoms with Crippen LogP contribution in [0.25, 0.3) is 27.7 Å². The second kappa shape index (κ2) is 5.12. The fraction of sp³-hybridized carbons (Fsp3) is 0.118. The summed E-state index contributed by atoms with van der Waals surface area (Å²) in [5.74, 6) is 2.29. The summed E-state index contributed by atoms with van der Waals surface area (Å²) in [6.45, 7) is 0.624. The average Bonchev–Trinajstić information content (AvgIpc) is 3.35. The van der Waals surface area contributed by atoms with Crippen molar-refractivity contribution in [1.29, 1.82) is 0 Å². The third kappa shape index (κ3) is 1.88. The Labute approximate surface area is 141 Å². The predicted octanol–water partition coefficient (Wildman–Crippen LogP) is 3.51. The standard InChI is InChI=1S/C17H13N3O3S/c18-7-11-16(10-3-4-14-15(6-10)23-9-22-14)19-17-20(11)12(8-24-17)13-2-1-5-21-13/h1-6,8H,7,9,18H2. The SMILES string of the molecule is NCc1c(-c2ccc3c(c2)OCO3)nc2scc(-c3ccco3)n12. The van der Waals surface area contributed by atoms with Gasteiger partial charge in [-0.15, -0.1) is 11.3 Å². The number of nitrogens with zero attached hydrogens (tertiary/aromatic N) is 2. The molecule has 1 aliphatic rings. The summed E-state index contributed by atoms with van der Waals surface area (Å²) in [6, 6.07) is 9.63. The summed E-state index contributed by atoms with van der Waals surface area (Å²) in [6.07, 6.45) is 1.66. The van der Waals surface area contributed by atoms with Gasteiger partial charge >= 0.3 is 0 Å². The number of benzene rings is 1. The smallest absolute Gasteiger partial charge is 0.231 e. The lowest BCUT2D eigenvalue weighted by Crippen LogP contribution is -2.03. The first-order valence-corrected chi connectivity index (χ1v) is 8.36. The molecule has 0 atom stereocenters. The molecular weight excluding hydrogens is 326 g/mol. The van der Waals surface area contributed by atoms with Gasteiger partial charge in [0, 0.05) is 17.5 Å². The molecular formula is C17H13N3O3S. The van der Waals surface area contributed by atoms with Crippen LogP contribution < -0.4 is 15.2 Å². The molecule has 0 saturated heterocycles. The molecule has 6 nitrogen and oxygen atoms in total. The Bertz CT molecular complexity index is 1030. The molecule has 0 amide bonds. The minimum absolute atomic E-state index is 0.253. The average molecular weight is 339 g/mol. The summed E-state index contributed by atoms with van der Waals surface area (Å²) in [5.41, 5.74) is 9.77. The van der Waals surface area contributed by atoms with Crippen molar-refractivity contribution in [2.45, 2.75) is 6.54 Å². The van der Waals surface area contributed by atoms with Gasteiger partial charge in [-0.3, -0.25) is 4.40 Å². The van der Waals surface area contributed by atoms with Crippen molar-refractivity contribution in [3.63, 3.8) is 0 Å². The van der Waals surface area contributed by atoms with Gasteiger partial charge in [-0.05, 0) is 30.3 Å². The lowest BCUT2D eigenvalue weighted by Gasteiger charge is -2.05. The predicted molar refractivity (Wildman–Crippen MR) is 90.2 cm³/mol. The molecule has 0 spiro atoms. The molecule has 0 aliphatic carbocycles. The zero-order valence-corrected chi connectivity index (χ0v) is 13.4. The number of ether oxygens (including phenoxy) is 2. The van der Waals surface area contributed by atoms with Crippen LogP contribution in [0.3, 0.4) is 0 Å². The maximum atomic E-state index is 6.05. The molecule has 0 unspecified atom stereocenters. The van der Waals surface area contributed by atoms with Crippen LogP contribution in [-0.2, 0) is 6.54 Å². The quantitative estimate of drug-likeness (QED) is 0.618. The number of nitrogens with two attached hydrogens (primary N) is 1. The number of imidazole rings is 1. The van der Waals surface area contributed by atoms with Gasteiger partial charge in [0.05, 0.1) is 17.7 Å². The van der Waals surface area contributed by atoms with Crippen LogP contribution in [0.5, 0.6) is 11.5 Å². The van der Waals surface area contributed by atoms with Crippen molar-refractivity contribution in [2.75, 3.05) is 6.79 Å². The molecule has 0 bridgehead atoms. The Hall–Kier alpha value is -2.77. The summed E-state index contributed by atoms with van der Waals surface area (Å²) >= 11 is 1.56. The molecule has 0 radical (unpaired) electrons. The van der Waals surface area contributed by atoms with E-state index in [0.717, 1.165) is 44.9 Å². The topological polar surface area (TPSA) is 74.9 Å². The van der Waals surface area contributed by atoms with Crippen LogP contribution in [-0.4, -0.2) is 16.2 Å². The highest BCUT2D eigenvalue weighted by atomic mass is 32.1. The van der Waals surface area contributed by atoms with Crippen LogP contribution in [0.15, 0.2) is 46.4 Å². The fourth-order valence-corrected chi connectivity index (χ4v) is 3.87. The molecule has 2 N–H and O–H groups in total. The number of fused-ring (bicyclic) bond motifs is 2.